The molecule has 1 aromatic rings. The molecule has 1 aromatic carbocycles. The quantitative estimate of drug-likeness (QED) is 0.253. The van der Waals surface area contributed by atoms with Gasteiger partial charge in [0.05, 0.1) is 30.1 Å². The van der Waals surface area contributed by atoms with E-state index in [1.165, 1.54) is 36.3 Å². The van der Waals surface area contributed by atoms with Gasteiger partial charge in [-0.05, 0) is 49.5 Å². The molecule has 2 aliphatic heterocycles. The minimum absolute atomic E-state index is 0.0673. The first kappa shape index (κ1) is 23.7. The summed E-state index contributed by atoms with van der Waals surface area (Å²) in [5.41, 5.74) is 1.52. The molecular weight excluding hydrogens is 448 g/mol. The number of non-ortho nitro benzene ring substituents is 1. The van der Waals surface area contributed by atoms with Gasteiger partial charge in [0.2, 0.25) is 5.91 Å². The molecule has 2 heterocycles. The predicted octanol–water partition coefficient (Wildman–Crippen LogP) is 2.72. The normalized spacial score (nSPS) is 26.2. The van der Waals surface area contributed by atoms with Crippen molar-refractivity contribution in [1.82, 2.24) is 4.90 Å². The number of carbonyl (C=O) groups is 3. The second kappa shape index (κ2) is 9.41. The summed E-state index contributed by atoms with van der Waals surface area (Å²) in [5.74, 6) is -1.57. The van der Waals surface area contributed by atoms with Crippen molar-refractivity contribution in [2.45, 2.75) is 51.0 Å². The zero-order chi connectivity index (χ0) is 24.6. The lowest BCUT2D eigenvalue weighted by Gasteiger charge is -2.48. The van der Waals surface area contributed by atoms with E-state index < -0.39 is 29.1 Å². The van der Waals surface area contributed by atoms with Crippen LogP contribution in [0.5, 0.6) is 0 Å². The average molecular weight is 474 g/mol. The van der Waals surface area contributed by atoms with Crippen molar-refractivity contribution in [3.8, 4) is 0 Å². The van der Waals surface area contributed by atoms with Crippen molar-refractivity contribution >= 4 is 23.7 Å². The number of nitrogens with zero attached hydrogens (tertiary/aromatic N) is 2. The highest BCUT2D eigenvalue weighted by molar-refractivity contribution is 6.01. The third-order valence-electron chi connectivity index (χ3n) is 6.80. The SMILES string of the molecule is COC(=O)C1=C2[C@@H](CCC[C@H]2OC)[C@@H]2[C@@H]([C@@H](C)OC(=O)OCc3ccc([N+](=O)[O-])cc3)C(=O)N12. The molecule has 5 atom stereocenters. The number of hydrogen-bond donors (Lipinski definition) is 0. The van der Waals surface area contributed by atoms with E-state index in [9.17, 15) is 24.5 Å². The Labute approximate surface area is 195 Å². The number of nitro groups is 1. The third kappa shape index (κ3) is 4.00. The second-order valence-corrected chi connectivity index (χ2v) is 8.57. The van der Waals surface area contributed by atoms with Crippen LogP contribution in [0.25, 0.3) is 0 Å². The van der Waals surface area contributed by atoms with Crippen molar-refractivity contribution in [2.24, 2.45) is 11.8 Å². The van der Waals surface area contributed by atoms with Crippen molar-refractivity contribution in [1.29, 1.82) is 0 Å². The lowest BCUT2D eigenvalue weighted by Crippen LogP contribution is -2.64. The fourth-order valence-electron chi connectivity index (χ4n) is 5.27. The Morgan fingerprint density at radius 2 is 1.91 bits per heavy atom. The molecule has 0 unspecified atom stereocenters. The van der Waals surface area contributed by atoms with Crippen LogP contribution in [0.1, 0.15) is 31.7 Å². The van der Waals surface area contributed by atoms with E-state index in [2.05, 4.69) is 0 Å². The molecule has 182 valence electrons. The first-order valence-corrected chi connectivity index (χ1v) is 11.0. The van der Waals surface area contributed by atoms with Gasteiger partial charge in [-0.3, -0.25) is 14.9 Å². The summed E-state index contributed by atoms with van der Waals surface area (Å²) >= 11 is 0. The topological polar surface area (TPSA) is 135 Å². The standard InChI is InChI=1S/C23H26N2O9/c1-12(34-23(28)33-11-13-7-9-14(10-8-13)25(29)30)17-19-15-5-4-6-16(31-2)18(15)20(22(27)32-3)24(19)21(17)26/h7-10,12,15-17,19H,4-6,11H2,1-3H3/t12-,15-,16-,17-,19-/m1/s1. The minimum atomic E-state index is -0.949. The number of β-lactam (4-membered cyclic amide) rings is 1. The number of carbonyl (C=O) groups excluding carboxylic acids is 3. The van der Waals surface area contributed by atoms with E-state index in [0.717, 1.165) is 24.8 Å². The summed E-state index contributed by atoms with van der Waals surface area (Å²) in [6, 6.07) is 5.28. The van der Waals surface area contributed by atoms with Crippen molar-refractivity contribution < 1.29 is 38.3 Å². The van der Waals surface area contributed by atoms with E-state index in [1.807, 2.05) is 0 Å². The minimum Gasteiger partial charge on any atom is -0.464 e. The monoisotopic (exact) mass is 474 g/mol. The van der Waals surface area contributed by atoms with E-state index in [4.69, 9.17) is 18.9 Å². The van der Waals surface area contributed by atoms with E-state index >= 15 is 0 Å². The molecule has 0 radical (unpaired) electrons. The van der Waals surface area contributed by atoms with Gasteiger partial charge in [0, 0.05) is 25.2 Å². The highest BCUT2D eigenvalue weighted by Gasteiger charge is 2.63. The van der Waals surface area contributed by atoms with Crippen LogP contribution in [-0.2, 0) is 35.1 Å². The maximum Gasteiger partial charge on any atom is 0.508 e. The number of amides is 1. The van der Waals surface area contributed by atoms with Crippen LogP contribution in [-0.4, -0.2) is 60.3 Å². The Morgan fingerprint density at radius 1 is 1.21 bits per heavy atom. The molecule has 1 amide bonds. The van der Waals surface area contributed by atoms with E-state index in [0.29, 0.717) is 5.56 Å². The highest BCUT2D eigenvalue weighted by Crippen LogP contribution is 2.53. The summed E-state index contributed by atoms with van der Waals surface area (Å²) < 4.78 is 21.1. The van der Waals surface area contributed by atoms with Crippen LogP contribution in [0.3, 0.4) is 0 Å². The molecule has 34 heavy (non-hydrogen) atoms. The van der Waals surface area contributed by atoms with Gasteiger partial charge in [-0.2, -0.15) is 0 Å². The second-order valence-electron chi connectivity index (χ2n) is 8.57. The number of fused-ring (bicyclic) bond motifs is 3. The third-order valence-corrected chi connectivity index (χ3v) is 6.80. The number of hydrogen-bond acceptors (Lipinski definition) is 9. The zero-order valence-electron chi connectivity index (χ0n) is 19.1. The fraction of sp³-hybridized carbons (Fsp3) is 0.522. The van der Waals surface area contributed by atoms with Gasteiger partial charge in [0.15, 0.2) is 0 Å². The van der Waals surface area contributed by atoms with Gasteiger partial charge in [-0.25, -0.2) is 9.59 Å². The maximum atomic E-state index is 13.1. The summed E-state index contributed by atoms with van der Waals surface area (Å²) in [6.45, 7) is 1.49. The molecule has 0 bridgehead atoms. The average Bonchev–Trinajstić information content (AvgIpc) is 3.13. The van der Waals surface area contributed by atoms with Crippen molar-refractivity contribution in [2.75, 3.05) is 14.2 Å². The van der Waals surface area contributed by atoms with Gasteiger partial charge in [0.1, 0.15) is 18.4 Å². The number of rotatable bonds is 7. The number of methoxy groups -OCH3 is 2. The fourth-order valence-corrected chi connectivity index (χ4v) is 5.27. The molecular formula is C23H26N2O9. The smallest absolute Gasteiger partial charge is 0.464 e. The number of ether oxygens (including phenoxy) is 4. The summed E-state index contributed by atoms with van der Waals surface area (Å²) in [6.07, 6.45) is 0.434. The molecule has 0 spiro atoms. The summed E-state index contributed by atoms with van der Waals surface area (Å²) in [5, 5.41) is 10.7. The first-order valence-electron chi connectivity index (χ1n) is 11.0. The largest absolute Gasteiger partial charge is 0.508 e. The Kier molecular flexibility index (Phi) is 6.56. The van der Waals surface area contributed by atoms with Gasteiger partial charge in [0.25, 0.3) is 5.69 Å². The van der Waals surface area contributed by atoms with Gasteiger partial charge in [-0.1, -0.05) is 0 Å². The molecule has 1 saturated heterocycles. The molecule has 11 heteroatoms. The lowest BCUT2D eigenvalue weighted by molar-refractivity contribution is -0.384. The van der Waals surface area contributed by atoms with Crippen LogP contribution >= 0.6 is 0 Å². The number of nitro benzene ring substituents is 1. The highest BCUT2D eigenvalue weighted by atomic mass is 16.7. The Bertz CT molecular complexity index is 1040. The molecule has 1 saturated carbocycles. The van der Waals surface area contributed by atoms with Gasteiger partial charge < -0.3 is 23.8 Å². The molecule has 0 aromatic heterocycles. The maximum absolute atomic E-state index is 13.1. The summed E-state index contributed by atoms with van der Waals surface area (Å²) in [7, 11) is 2.85. The Morgan fingerprint density at radius 3 is 2.53 bits per heavy atom. The van der Waals surface area contributed by atoms with E-state index in [-0.39, 0.29) is 42.0 Å². The van der Waals surface area contributed by atoms with Crippen molar-refractivity contribution in [3.63, 3.8) is 0 Å². The molecule has 3 aliphatic rings. The Balaban J connectivity index is 1.41. The van der Waals surface area contributed by atoms with Crippen LogP contribution < -0.4 is 0 Å². The van der Waals surface area contributed by atoms with Crippen LogP contribution in [0.4, 0.5) is 10.5 Å². The van der Waals surface area contributed by atoms with Crippen LogP contribution in [0.15, 0.2) is 35.5 Å². The molecule has 0 N–H and O–H groups in total. The van der Waals surface area contributed by atoms with Gasteiger partial charge in [-0.15, -0.1) is 0 Å². The molecule has 2 fully saturated rings. The Hall–Kier alpha value is -3.47. The van der Waals surface area contributed by atoms with Crippen LogP contribution in [0.2, 0.25) is 0 Å². The van der Waals surface area contributed by atoms with Gasteiger partial charge >= 0.3 is 12.1 Å². The van der Waals surface area contributed by atoms with Crippen LogP contribution in [0, 0.1) is 22.0 Å². The van der Waals surface area contributed by atoms with E-state index in [1.54, 1.807) is 14.0 Å². The molecule has 11 nitrogen and oxygen atoms in total. The number of esters is 1. The first-order chi connectivity index (χ1) is 16.3. The molecule has 1 aliphatic carbocycles. The number of benzene rings is 1. The summed E-state index contributed by atoms with van der Waals surface area (Å²) in [4.78, 5) is 49.5. The predicted molar refractivity (Wildman–Crippen MR) is 115 cm³/mol. The molecule has 4 rings (SSSR count). The lowest BCUT2D eigenvalue weighted by atomic mass is 9.71. The van der Waals surface area contributed by atoms with Crippen molar-refractivity contribution in [3.05, 3.63) is 51.2 Å². The zero-order valence-corrected chi connectivity index (χ0v) is 19.1.